The summed E-state index contributed by atoms with van der Waals surface area (Å²) in [5, 5.41) is 0. The molecule has 1 aromatic heterocycles. The normalized spacial score (nSPS) is 22.4. The van der Waals surface area contributed by atoms with Crippen LogP contribution in [0.4, 0.5) is 0 Å². The quantitative estimate of drug-likeness (QED) is 0.887. The molecule has 0 radical (unpaired) electrons. The molecule has 1 unspecified atom stereocenters. The Morgan fingerprint density at radius 2 is 2.00 bits per heavy atom. The topological polar surface area (TPSA) is 76.3 Å². The first-order valence-electron chi connectivity index (χ1n) is 9.66. The van der Waals surface area contributed by atoms with E-state index in [9.17, 15) is 9.59 Å². The average molecular weight is 363 g/mol. The van der Waals surface area contributed by atoms with E-state index in [4.69, 9.17) is 5.73 Å². The summed E-state index contributed by atoms with van der Waals surface area (Å²) in [5.74, 6) is 0.0358. The highest BCUT2D eigenvalue weighted by atomic mass is 16.2. The van der Waals surface area contributed by atoms with Gasteiger partial charge in [-0.3, -0.25) is 14.6 Å². The van der Waals surface area contributed by atoms with E-state index in [0.29, 0.717) is 25.9 Å². The van der Waals surface area contributed by atoms with Gasteiger partial charge < -0.3 is 10.6 Å². The Kier molecular flexibility index (Phi) is 4.68. The molecule has 5 nitrogen and oxygen atoms in total. The van der Waals surface area contributed by atoms with E-state index in [1.807, 2.05) is 47.5 Å². The second kappa shape index (κ2) is 7.14. The van der Waals surface area contributed by atoms with Gasteiger partial charge in [-0.15, -0.1) is 0 Å². The molecule has 2 aliphatic rings. The van der Waals surface area contributed by atoms with Crippen LogP contribution in [-0.2, 0) is 16.0 Å². The average Bonchev–Trinajstić information content (AvgIpc) is 3.07. The predicted molar refractivity (Wildman–Crippen MR) is 104 cm³/mol. The van der Waals surface area contributed by atoms with Crippen LogP contribution in [0.3, 0.4) is 0 Å². The smallest absolute Gasteiger partial charge is 0.225 e. The van der Waals surface area contributed by atoms with E-state index in [-0.39, 0.29) is 17.7 Å². The number of pyridine rings is 1. The molecule has 27 heavy (non-hydrogen) atoms. The van der Waals surface area contributed by atoms with Crippen molar-refractivity contribution >= 4 is 11.8 Å². The van der Waals surface area contributed by atoms with Gasteiger partial charge in [0.1, 0.15) is 0 Å². The first-order valence-corrected chi connectivity index (χ1v) is 9.66. The summed E-state index contributed by atoms with van der Waals surface area (Å²) in [6.45, 7) is 1.05. The Morgan fingerprint density at radius 1 is 1.19 bits per heavy atom. The number of carbonyl (C=O) groups excluding carboxylic acids is 2. The highest BCUT2D eigenvalue weighted by molar-refractivity contribution is 5.85. The molecule has 1 saturated heterocycles. The third kappa shape index (κ3) is 3.34. The summed E-state index contributed by atoms with van der Waals surface area (Å²) in [6, 6.07) is 12.0. The van der Waals surface area contributed by atoms with Crippen molar-refractivity contribution in [3.63, 3.8) is 0 Å². The van der Waals surface area contributed by atoms with Crippen LogP contribution in [0.25, 0.3) is 11.1 Å². The van der Waals surface area contributed by atoms with Crippen molar-refractivity contribution in [1.29, 1.82) is 0 Å². The van der Waals surface area contributed by atoms with Gasteiger partial charge >= 0.3 is 0 Å². The van der Waals surface area contributed by atoms with Gasteiger partial charge in [-0.25, -0.2) is 0 Å². The zero-order valence-corrected chi connectivity index (χ0v) is 15.4. The number of benzene rings is 1. The second-order valence-electron chi connectivity index (χ2n) is 7.86. The molecule has 0 bridgehead atoms. The molecular formula is C22H25N3O2. The zero-order chi connectivity index (χ0) is 18.9. The fourth-order valence-corrected chi connectivity index (χ4v) is 4.25. The minimum absolute atomic E-state index is 0.149. The maximum atomic E-state index is 12.6. The number of aromatic nitrogens is 1. The number of nitrogens with two attached hydrogens (primary N) is 1. The lowest BCUT2D eigenvalue weighted by Gasteiger charge is -2.31. The Bertz CT molecular complexity index is 848. The lowest BCUT2D eigenvalue weighted by Crippen LogP contribution is -2.44. The minimum Gasteiger partial charge on any atom is -0.369 e. The molecule has 0 spiro atoms. The molecular weight excluding hydrogens is 338 g/mol. The van der Waals surface area contributed by atoms with Gasteiger partial charge in [-0.2, -0.15) is 0 Å². The van der Waals surface area contributed by atoms with Gasteiger partial charge in [0.05, 0.1) is 5.41 Å². The van der Waals surface area contributed by atoms with Gasteiger partial charge in [0.2, 0.25) is 11.8 Å². The Labute approximate surface area is 159 Å². The molecule has 1 atom stereocenters. The molecule has 1 aliphatic carbocycles. The Hall–Kier alpha value is -2.69. The van der Waals surface area contributed by atoms with Gasteiger partial charge in [0, 0.05) is 37.0 Å². The molecule has 140 valence electrons. The predicted octanol–water partition coefficient (Wildman–Crippen LogP) is 2.80. The lowest BCUT2D eigenvalue weighted by molar-refractivity contribution is -0.138. The number of carbonyl (C=O) groups is 2. The summed E-state index contributed by atoms with van der Waals surface area (Å²) in [4.78, 5) is 31.2. The molecule has 2 N–H and O–H groups in total. The van der Waals surface area contributed by atoms with Gasteiger partial charge in [-0.05, 0) is 42.9 Å². The lowest BCUT2D eigenvalue weighted by atomic mass is 9.78. The van der Waals surface area contributed by atoms with Crippen LogP contribution in [0, 0.1) is 11.3 Å². The monoisotopic (exact) mass is 363 g/mol. The highest BCUT2D eigenvalue weighted by Gasteiger charge is 2.46. The van der Waals surface area contributed by atoms with Crippen molar-refractivity contribution in [2.24, 2.45) is 17.1 Å². The summed E-state index contributed by atoms with van der Waals surface area (Å²) in [6.07, 6.45) is 7.83. The number of hydrogen-bond donors (Lipinski definition) is 1. The molecule has 2 heterocycles. The largest absolute Gasteiger partial charge is 0.369 e. The number of likely N-dealkylation sites (tertiary alicyclic amines) is 1. The van der Waals surface area contributed by atoms with E-state index < -0.39 is 5.41 Å². The second-order valence-corrected chi connectivity index (χ2v) is 7.86. The van der Waals surface area contributed by atoms with Crippen molar-refractivity contribution in [2.45, 2.75) is 32.1 Å². The molecule has 1 aliphatic heterocycles. The standard InChI is InChI=1S/C22H25N3O2/c23-21(27)22(10-12-25(15-22)20(26)16-6-3-7-16)13-17-5-1-2-9-19(17)18-8-4-11-24-14-18/h1-2,4-5,8-9,11,14,16H,3,6-7,10,12-13,15H2,(H2,23,27). The summed E-state index contributed by atoms with van der Waals surface area (Å²) >= 11 is 0. The number of amides is 2. The zero-order valence-electron chi connectivity index (χ0n) is 15.4. The highest BCUT2D eigenvalue weighted by Crippen LogP contribution is 2.39. The minimum atomic E-state index is -0.697. The summed E-state index contributed by atoms with van der Waals surface area (Å²) < 4.78 is 0. The number of hydrogen-bond acceptors (Lipinski definition) is 3. The van der Waals surface area contributed by atoms with Gasteiger partial charge in [-0.1, -0.05) is 36.8 Å². The Balaban J connectivity index is 1.60. The van der Waals surface area contributed by atoms with Crippen molar-refractivity contribution in [3.8, 4) is 11.1 Å². The fraction of sp³-hybridized carbons (Fsp3) is 0.409. The molecule has 2 amide bonds. The molecule has 4 rings (SSSR count). The fourth-order valence-electron chi connectivity index (χ4n) is 4.25. The van der Waals surface area contributed by atoms with E-state index in [1.54, 1.807) is 6.20 Å². The van der Waals surface area contributed by atoms with Crippen molar-refractivity contribution in [2.75, 3.05) is 13.1 Å². The van der Waals surface area contributed by atoms with Crippen LogP contribution in [0.15, 0.2) is 48.8 Å². The molecule has 1 aromatic carbocycles. The van der Waals surface area contributed by atoms with E-state index in [0.717, 1.165) is 36.0 Å². The summed E-state index contributed by atoms with van der Waals surface area (Å²) in [5.41, 5.74) is 8.33. The van der Waals surface area contributed by atoms with Crippen LogP contribution in [-0.4, -0.2) is 34.8 Å². The molecule has 5 heteroatoms. The third-order valence-electron chi connectivity index (χ3n) is 6.16. The van der Waals surface area contributed by atoms with Crippen LogP contribution < -0.4 is 5.73 Å². The van der Waals surface area contributed by atoms with E-state index in [1.165, 1.54) is 0 Å². The van der Waals surface area contributed by atoms with Gasteiger partial charge in [0.25, 0.3) is 0 Å². The Morgan fingerprint density at radius 3 is 2.67 bits per heavy atom. The molecule has 2 aromatic rings. The van der Waals surface area contributed by atoms with Crippen LogP contribution in [0.5, 0.6) is 0 Å². The summed E-state index contributed by atoms with van der Waals surface area (Å²) in [7, 11) is 0. The maximum absolute atomic E-state index is 12.6. The van der Waals surface area contributed by atoms with Crippen LogP contribution in [0.1, 0.15) is 31.2 Å². The van der Waals surface area contributed by atoms with Crippen LogP contribution >= 0.6 is 0 Å². The molecule has 2 fully saturated rings. The first kappa shape index (κ1) is 17.7. The van der Waals surface area contributed by atoms with Crippen molar-refractivity contribution in [1.82, 2.24) is 9.88 Å². The van der Waals surface area contributed by atoms with E-state index >= 15 is 0 Å². The van der Waals surface area contributed by atoms with Crippen molar-refractivity contribution < 1.29 is 9.59 Å². The number of rotatable bonds is 5. The first-order chi connectivity index (χ1) is 13.1. The van der Waals surface area contributed by atoms with E-state index in [2.05, 4.69) is 4.98 Å². The number of primary amides is 1. The van der Waals surface area contributed by atoms with Gasteiger partial charge in [0.15, 0.2) is 0 Å². The third-order valence-corrected chi connectivity index (χ3v) is 6.16. The van der Waals surface area contributed by atoms with Crippen molar-refractivity contribution in [3.05, 3.63) is 54.4 Å². The van der Waals surface area contributed by atoms with Crippen LogP contribution in [0.2, 0.25) is 0 Å². The number of nitrogens with zero attached hydrogens (tertiary/aromatic N) is 2. The SMILES string of the molecule is NC(=O)C1(Cc2ccccc2-c2cccnc2)CCN(C(=O)C2CCC2)C1. The maximum Gasteiger partial charge on any atom is 0.225 e. The molecule has 1 saturated carbocycles.